The maximum Gasteiger partial charge on any atom is 0.174 e. The molecule has 0 spiro atoms. The van der Waals surface area contributed by atoms with Gasteiger partial charge < -0.3 is 9.26 Å². The second-order valence-electron chi connectivity index (χ2n) is 2.72. The standard InChI is InChI=1S/C10H8BrNO2/c11-8-2-1-3-9(6-8)13-7-10-4-5-12-14-10/h1-6H,7H2. The van der Waals surface area contributed by atoms with E-state index in [2.05, 4.69) is 21.1 Å². The molecule has 14 heavy (non-hydrogen) atoms. The number of ether oxygens (including phenoxy) is 1. The molecule has 1 aromatic heterocycles. The Kier molecular flexibility index (Phi) is 2.84. The van der Waals surface area contributed by atoms with E-state index < -0.39 is 0 Å². The predicted octanol–water partition coefficient (Wildman–Crippen LogP) is 3.02. The number of hydrogen-bond donors (Lipinski definition) is 0. The first-order valence-electron chi connectivity index (χ1n) is 4.12. The number of rotatable bonds is 3. The fourth-order valence-corrected chi connectivity index (χ4v) is 1.41. The van der Waals surface area contributed by atoms with Crippen molar-refractivity contribution in [1.29, 1.82) is 0 Å². The van der Waals surface area contributed by atoms with E-state index in [0.717, 1.165) is 10.2 Å². The summed E-state index contributed by atoms with van der Waals surface area (Å²) in [4.78, 5) is 0. The Morgan fingerprint density at radius 1 is 1.36 bits per heavy atom. The van der Waals surface area contributed by atoms with Gasteiger partial charge in [-0.2, -0.15) is 0 Å². The SMILES string of the molecule is Brc1cccc(OCc2ccno2)c1. The quantitative estimate of drug-likeness (QED) is 0.844. The molecule has 0 saturated carbocycles. The van der Waals surface area contributed by atoms with Gasteiger partial charge in [0.15, 0.2) is 5.76 Å². The van der Waals surface area contributed by atoms with Crippen molar-refractivity contribution in [3.05, 3.63) is 46.8 Å². The van der Waals surface area contributed by atoms with E-state index >= 15 is 0 Å². The predicted molar refractivity (Wildman–Crippen MR) is 55.0 cm³/mol. The van der Waals surface area contributed by atoms with Gasteiger partial charge in [-0.15, -0.1) is 0 Å². The minimum absolute atomic E-state index is 0.399. The zero-order chi connectivity index (χ0) is 9.80. The molecule has 2 aromatic rings. The summed E-state index contributed by atoms with van der Waals surface area (Å²) in [6, 6.07) is 9.43. The number of hydrogen-bond acceptors (Lipinski definition) is 3. The van der Waals surface area contributed by atoms with Crippen molar-refractivity contribution >= 4 is 15.9 Å². The Morgan fingerprint density at radius 3 is 3.00 bits per heavy atom. The van der Waals surface area contributed by atoms with Crippen molar-refractivity contribution < 1.29 is 9.26 Å². The first-order chi connectivity index (χ1) is 6.84. The Morgan fingerprint density at radius 2 is 2.29 bits per heavy atom. The molecule has 1 aromatic carbocycles. The summed E-state index contributed by atoms with van der Waals surface area (Å²) >= 11 is 3.37. The zero-order valence-corrected chi connectivity index (χ0v) is 8.90. The summed E-state index contributed by atoms with van der Waals surface area (Å²) in [7, 11) is 0. The molecule has 0 amide bonds. The van der Waals surface area contributed by atoms with Crippen molar-refractivity contribution in [2.75, 3.05) is 0 Å². The van der Waals surface area contributed by atoms with Crippen LogP contribution in [-0.4, -0.2) is 5.16 Å². The molecule has 0 unspecified atom stereocenters. The van der Waals surface area contributed by atoms with E-state index in [1.54, 1.807) is 12.3 Å². The molecule has 0 fully saturated rings. The van der Waals surface area contributed by atoms with Gasteiger partial charge in [-0.3, -0.25) is 0 Å². The largest absolute Gasteiger partial charge is 0.486 e. The number of aromatic nitrogens is 1. The minimum atomic E-state index is 0.399. The molecular formula is C10H8BrNO2. The van der Waals surface area contributed by atoms with Gasteiger partial charge in [0, 0.05) is 10.5 Å². The van der Waals surface area contributed by atoms with Crippen molar-refractivity contribution in [3.8, 4) is 5.75 Å². The van der Waals surface area contributed by atoms with Crippen molar-refractivity contribution in [2.45, 2.75) is 6.61 Å². The third kappa shape index (κ3) is 2.35. The van der Waals surface area contributed by atoms with E-state index in [9.17, 15) is 0 Å². The Balaban J connectivity index is 1.98. The molecule has 3 nitrogen and oxygen atoms in total. The summed E-state index contributed by atoms with van der Waals surface area (Å²) in [6.07, 6.45) is 1.60. The Hall–Kier alpha value is -1.29. The van der Waals surface area contributed by atoms with Crippen molar-refractivity contribution in [1.82, 2.24) is 5.16 Å². The molecule has 0 aliphatic rings. The van der Waals surface area contributed by atoms with Gasteiger partial charge in [0.2, 0.25) is 0 Å². The average molecular weight is 254 g/mol. The van der Waals surface area contributed by atoms with E-state index in [0.29, 0.717) is 12.4 Å². The summed E-state index contributed by atoms with van der Waals surface area (Å²) in [5.74, 6) is 1.51. The molecule has 4 heteroatoms. The molecule has 0 aliphatic heterocycles. The summed E-state index contributed by atoms with van der Waals surface area (Å²) in [6.45, 7) is 0.399. The Labute approximate surface area is 89.8 Å². The number of nitrogens with zero attached hydrogens (tertiary/aromatic N) is 1. The van der Waals surface area contributed by atoms with E-state index in [1.807, 2.05) is 24.3 Å². The van der Waals surface area contributed by atoms with Gasteiger partial charge in [0.05, 0.1) is 6.20 Å². The summed E-state index contributed by atoms with van der Waals surface area (Å²) in [5, 5.41) is 3.59. The normalized spacial score (nSPS) is 10.1. The molecule has 2 rings (SSSR count). The second-order valence-corrected chi connectivity index (χ2v) is 3.64. The Bertz CT molecular complexity index is 400. The monoisotopic (exact) mass is 253 g/mol. The fourth-order valence-electron chi connectivity index (χ4n) is 1.03. The van der Waals surface area contributed by atoms with Crippen LogP contribution < -0.4 is 4.74 Å². The van der Waals surface area contributed by atoms with Crippen molar-refractivity contribution in [3.63, 3.8) is 0 Å². The van der Waals surface area contributed by atoms with Crippen LogP contribution in [0.5, 0.6) is 5.75 Å². The van der Waals surface area contributed by atoms with Crippen molar-refractivity contribution in [2.24, 2.45) is 0 Å². The maximum absolute atomic E-state index is 5.47. The molecule has 0 radical (unpaired) electrons. The zero-order valence-electron chi connectivity index (χ0n) is 7.31. The van der Waals surface area contributed by atoms with E-state index in [4.69, 9.17) is 9.26 Å². The molecule has 72 valence electrons. The van der Waals surface area contributed by atoms with Gasteiger partial charge >= 0.3 is 0 Å². The lowest BCUT2D eigenvalue weighted by Crippen LogP contribution is -1.93. The van der Waals surface area contributed by atoms with Crippen LogP contribution in [0, 0.1) is 0 Å². The van der Waals surface area contributed by atoms with E-state index in [-0.39, 0.29) is 0 Å². The van der Waals surface area contributed by atoms with Crippen LogP contribution in [0.2, 0.25) is 0 Å². The highest BCUT2D eigenvalue weighted by Crippen LogP contribution is 2.18. The molecule has 0 bridgehead atoms. The third-order valence-corrected chi connectivity index (χ3v) is 2.16. The van der Waals surface area contributed by atoms with Crippen LogP contribution in [0.4, 0.5) is 0 Å². The van der Waals surface area contributed by atoms with Crippen LogP contribution in [0.25, 0.3) is 0 Å². The lowest BCUT2D eigenvalue weighted by molar-refractivity contribution is 0.249. The van der Waals surface area contributed by atoms with Gasteiger partial charge in [0.25, 0.3) is 0 Å². The summed E-state index contributed by atoms with van der Waals surface area (Å²) < 4.78 is 11.4. The molecule has 0 N–H and O–H groups in total. The van der Waals surface area contributed by atoms with Gasteiger partial charge in [-0.1, -0.05) is 27.2 Å². The average Bonchev–Trinajstić information content (AvgIpc) is 2.67. The number of halogens is 1. The first-order valence-corrected chi connectivity index (χ1v) is 4.92. The maximum atomic E-state index is 5.47. The topological polar surface area (TPSA) is 35.3 Å². The highest BCUT2D eigenvalue weighted by Gasteiger charge is 1.98. The van der Waals surface area contributed by atoms with Gasteiger partial charge in [0.1, 0.15) is 12.4 Å². The molecule has 1 heterocycles. The summed E-state index contributed by atoms with van der Waals surface area (Å²) in [5.41, 5.74) is 0. The highest BCUT2D eigenvalue weighted by atomic mass is 79.9. The minimum Gasteiger partial charge on any atom is -0.486 e. The molecule has 0 saturated heterocycles. The molecule has 0 atom stereocenters. The number of benzene rings is 1. The lowest BCUT2D eigenvalue weighted by Gasteiger charge is -2.03. The first kappa shape index (κ1) is 9.27. The highest BCUT2D eigenvalue weighted by molar-refractivity contribution is 9.10. The lowest BCUT2D eigenvalue weighted by atomic mass is 10.3. The van der Waals surface area contributed by atoms with Crippen LogP contribution in [-0.2, 0) is 6.61 Å². The smallest absolute Gasteiger partial charge is 0.174 e. The van der Waals surface area contributed by atoms with Crippen LogP contribution >= 0.6 is 15.9 Å². The molecule has 0 aliphatic carbocycles. The van der Waals surface area contributed by atoms with Crippen LogP contribution in [0.3, 0.4) is 0 Å². The molecular weight excluding hydrogens is 246 g/mol. The van der Waals surface area contributed by atoms with Gasteiger partial charge in [-0.05, 0) is 18.2 Å². The van der Waals surface area contributed by atoms with Crippen LogP contribution in [0.15, 0.2) is 45.5 Å². The fraction of sp³-hybridized carbons (Fsp3) is 0.100. The third-order valence-electron chi connectivity index (χ3n) is 1.67. The van der Waals surface area contributed by atoms with Crippen LogP contribution in [0.1, 0.15) is 5.76 Å². The second kappa shape index (κ2) is 4.28. The van der Waals surface area contributed by atoms with Gasteiger partial charge in [-0.25, -0.2) is 0 Å². The van der Waals surface area contributed by atoms with E-state index in [1.165, 1.54) is 0 Å².